The third-order valence-electron chi connectivity index (χ3n) is 6.79. The standard InChI is InChI=1S/C27H13B2F6N3O3/c1-41-20-11-36-22(26(30,31)32)16-9-12(5-6-13(16)20)28-25(40)17-10-37-38(23(17)27(33,34)35)19-8-7-18-21-14(19)3-2-4-15(21)24(39)29-18/h2-11H,1H3. The number of hydrogen-bond acceptors (Lipinski definition) is 5. The molecule has 6 nitrogen and oxygen atoms in total. The van der Waals surface area contributed by atoms with Crippen molar-refractivity contribution >= 4 is 58.4 Å². The van der Waals surface area contributed by atoms with Gasteiger partial charge in [0.25, 0.3) is 0 Å². The molecule has 0 unspecified atom stereocenters. The molecule has 1 aliphatic heterocycles. The topological polar surface area (TPSA) is 74.1 Å². The maximum atomic E-state index is 14.4. The first-order chi connectivity index (χ1) is 19.4. The van der Waals surface area contributed by atoms with E-state index in [1.165, 1.54) is 44.7 Å². The summed E-state index contributed by atoms with van der Waals surface area (Å²) in [6.45, 7) is 0. The molecule has 3 aromatic carbocycles. The van der Waals surface area contributed by atoms with E-state index in [1.54, 1.807) is 12.1 Å². The van der Waals surface area contributed by atoms with Crippen molar-refractivity contribution in [3.63, 3.8) is 0 Å². The third kappa shape index (κ3) is 4.34. The lowest BCUT2D eigenvalue weighted by molar-refractivity contribution is -0.143. The molecule has 0 saturated heterocycles. The molecule has 0 saturated carbocycles. The fraction of sp³-hybridized carbons (Fsp3) is 0.111. The van der Waals surface area contributed by atoms with Crippen LogP contribution in [0.3, 0.4) is 0 Å². The second-order valence-electron chi connectivity index (χ2n) is 9.21. The molecule has 41 heavy (non-hydrogen) atoms. The lowest BCUT2D eigenvalue weighted by atomic mass is 9.64. The van der Waals surface area contributed by atoms with Crippen molar-refractivity contribution in [3.05, 3.63) is 83.4 Å². The van der Waals surface area contributed by atoms with E-state index < -0.39 is 35.0 Å². The second kappa shape index (κ2) is 9.22. The monoisotopic (exact) mass is 563 g/mol. The van der Waals surface area contributed by atoms with Crippen molar-refractivity contribution in [2.75, 3.05) is 7.11 Å². The van der Waals surface area contributed by atoms with Crippen molar-refractivity contribution < 1.29 is 40.7 Å². The Morgan fingerprint density at radius 1 is 0.951 bits per heavy atom. The number of aromatic nitrogens is 3. The summed E-state index contributed by atoms with van der Waals surface area (Å²) >= 11 is 0. The molecular formula is C27H13B2F6N3O3. The van der Waals surface area contributed by atoms with Crippen LogP contribution >= 0.6 is 0 Å². The van der Waals surface area contributed by atoms with Gasteiger partial charge >= 0.3 is 12.4 Å². The second-order valence-corrected chi connectivity index (χ2v) is 9.21. The summed E-state index contributed by atoms with van der Waals surface area (Å²) in [5.74, 6) is 0.0520. The normalized spacial score (nSPS) is 13.1. The van der Waals surface area contributed by atoms with Gasteiger partial charge in [-0.3, -0.25) is 0 Å². The van der Waals surface area contributed by atoms with E-state index in [0.29, 0.717) is 26.5 Å². The molecule has 202 valence electrons. The van der Waals surface area contributed by atoms with Crippen LogP contribution in [0.1, 0.15) is 32.1 Å². The molecule has 0 spiro atoms. The van der Waals surface area contributed by atoms with Crippen LogP contribution in [-0.4, -0.2) is 47.8 Å². The Hall–Kier alpha value is -4.61. The molecule has 2 aromatic heterocycles. The minimum absolute atomic E-state index is 0.00114. The Labute approximate surface area is 228 Å². The van der Waals surface area contributed by atoms with Gasteiger partial charge in [0.05, 0.1) is 30.8 Å². The highest BCUT2D eigenvalue weighted by atomic mass is 19.4. The molecule has 5 aromatic rings. The van der Waals surface area contributed by atoms with Crippen LogP contribution in [0.4, 0.5) is 26.3 Å². The van der Waals surface area contributed by atoms with Crippen molar-refractivity contribution in [2.24, 2.45) is 0 Å². The Bertz CT molecular complexity index is 1920. The molecule has 0 aliphatic carbocycles. The lowest BCUT2D eigenvalue weighted by Gasteiger charge is -2.15. The first-order valence-corrected chi connectivity index (χ1v) is 11.9. The summed E-state index contributed by atoms with van der Waals surface area (Å²) < 4.78 is 89.7. The zero-order valence-corrected chi connectivity index (χ0v) is 20.8. The molecule has 6 rings (SSSR count). The number of pyridine rings is 1. The molecule has 3 heterocycles. The van der Waals surface area contributed by atoms with Crippen LogP contribution in [0.25, 0.3) is 27.2 Å². The Morgan fingerprint density at radius 2 is 1.73 bits per heavy atom. The van der Waals surface area contributed by atoms with Gasteiger partial charge in [-0.15, -0.1) is 0 Å². The van der Waals surface area contributed by atoms with Crippen LogP contribution in [-0.2, 0) is 12.4 Å². The summed E-state index contributed by atoms with van der Waals surface area (Å²) in [5, 5.41) is 4.34. The van der Waals surface area contributed by atoms with E-state index in [2.05, 4.69) is 10.1 Å². The minimum atomic E-state index is -5.04. The van der Waals surface area contributed by atoms with Crippen molar-refractivity contribution in [1.82, 2.24) is 14.8 Å². The van der Waals surface area contributed by atoms with Gasteiger partial charge in [0.1, 0.15) is 17.1 Å². The highest BCUT2D eigenvalue weighted by Crippen LogP contribution is 2.37. The average molecular weight is 563 g/mol. The van der Waals surface area contributed by atoms with Crippen LogP contribution in [0.5, 0.6) is 5.75 Å². The fourth-order valence-corrected chi connectivity index (χ4v) is 5.07. The third-order valence-corrected chi connectivity index (χ3v) is 6.79. The molecule has 1 aliphatic rings. The smallest absolute Gasteiger partial charge is 0.434 e. The molecule has 0 amide bonds. The van der Waals surface area contributed by atoms with E-state index in [4.69, 9.17) is 4.74 Å². The van der Waals surface area contributed by atoms with Gasteiger partial charge < -0.3 is 14.3 Å². The van der Waals surface area contributed by atoms with Crippen LogP contribution in [0, 0.1) is 0 Å². The minimum Gasteiger partial charge on any atom is -0.494 e. The summed E-state index contributed by atoms with van der Waals surface area (Å²) in [7, 11) is 3.44. The number of ether oxygens (including phenoxy) is 1. The maximum absolute atomic E-state index is 14.4. The van der Waals surface area contributed by atoms with Crippen molar-refractivity contribution in [1.29, 1.82) is 0 Å². The number of rotatable bonds is 5. The molecular weight excluding hydrogens is 550 g/mol. The van der Waals surface area contributed by atoms with Crippen molar-refractivity contribution in [2.45, 2.75) is 12.4 Å². The molecule has 0 N–H and O–H groups in total. The number of benzene rings is 3. The first-order valence-electron chi connectivity index (χ1n) is 11.9. The number of hydrogen-bond donors (Lipinski definition) is 0. The fourth-order valence-electron chi connectivity index (χ4n) is 5.07. The van der Waals surface area contributed by atoms with Crippen molar-refractivity contribution in [3.8, 4) is 11.4 Å². The van der Waals surface area contributed by atoms with Gasteiger partial charge in [0, 0.05) is 21.7 Å². The summed E-state index contributed by atoms with van der Waals surface area (Å²) in [4.78, 5) is 28.9. The van der Waals surface area contributed by atoms with Gasteiger partial charge in [0.15, 0.2) is 11.4 Å². The van der Waals surface area contributed by atoms with Gasteiger partial charge in [0.2, 0.25) is 14.6 Å². The van der Waals surface area contributed by atoms with E-state index in [9.17, 15) is 35.9 Å². The number of carbonyl (C=O) groups is 2. The molecule has 0 fully saturated rings. The number of carbonyl (C=O) groups excluding carboxylic acids is 2. The van der Waals surface area contributed by atoms with Crippen LogP contribution < -0.4 is 15.7 Å². The van der Waals surface area contributed by atoms with Gasteiger partial charge in [-0.05, 0) is 11.5 Å². The van der Waals surface area contributed by atoms with E-state index >= 15 is 0 Å². The molecule has 2 radical (unpaired) electrons. The van der Waals surface area contributed by atoms with Crippen LogP contribution in [0.2, 0.25) is 0 Å². The largest absolute Gasteiger partial charge is 0.494 e. The Kier molecular flexibility index (Phi) is 5.98. The van der Waals surface area contributed by atoms with E-state index in [0.717, 1.165) is 25.7 Å². The summed E-state index contributed by atoms with van der Waals surface area (Å²) in [5.41, 5.74) is -4.00. The number of methoxy groups -OCH3 is 1. The quantitative estimate of drug-likeness (QED) is 0.236. The number of halogens is 6. The molecule has 14 heteroatoms. The van der Waals surface area contributed by atoms with Crippen LogP contribution in [0.15, 0.2) is 60.9 Å². The van der Waals surface area contributed by atoms with E-state index in [-0.39, 0.29) is 33.4 Å². The number of alkyl halides is 6. The zero-order chi connectivity index (χ0) is 29.3. The van der Waals surface area contributed by atoms with E-state index in [1.807, 2.05) is 0 Å². The number of nitrogens with zero attached hydrogens (tertiary/aromatic N) is 3. The number of fused-ring (bicyclic) bond motifs is 1. The maximum Gasteiger partial charge on any atom is 0.434 e. The lowest BCUT2D eigenvalue weighted by Crippen LogP contribution is -2.27. The molecule has 0 bridgehead atoms. The van der Waals surface area contributed by atoms with Gasteiger partial charge in [-0.25, -0.2) is 9.67 Å². The Balaban J connectivity index is 1.44. The SMILES string of the molecule is COc1cnc(C(F)(F)F)c2cc([B]C(=O)c3cnn(-c4ccc5c6c(cccc46)C(=O)[B]5)c3C(F)(F)F)ccc12. The predicted octanol–water partition coefficient (Wildman–Crippen LogP) is 4.27. The van der Waals surface area contributed by atoms with Gasteiger partial charge in [-0.1, -0.05) is 53.4 Å². The summed E-state index contributed by atoms with van der Waals surface area (Å²) in [6, 6.07) is 11.1. The highest BCUT2D eigenvalue weighted by molar-refractivity contribution is 6.92. The Morgan fingerprint density at radius 3 is 2.44 bits per heavy atom. The highest BCUT2D eigenvalue weighted by Gasteiger charge is 2.41. The zero-order valence-electron chi connectivity index (χ0n) is 20.8. The summed E-state index contributed by atoms with van der Waals surface area (Å²) in [6.07, 6.45) is -8.20. The predicted molar refractivity (Wildman–Crippen MR) is 139 cm³/mol. The first kappa shape index (κ1) is 26.6. The molecule has 0 atom stereocenters. The average Bonchev–Trinajstić information content (AvgIpc) is 3.50. The van der Waals surface area contributed by atoms with Gasteiger partial charge in [-0.2, -0.15) is 31.4 Å².